The third-order valence-electron chi connectivity index (χ3n) is 6.10. The number of hydrogen-bond acceptors (Lipinski definition) is 0. The molecule has 0 radical (unpaired) electrons. The number of rotatable bonds is 2. The first kappa shape index (κ1) is 18.2. The van der Waals surface area contributed by atoms with Gasteiger partial charge in [-0.2, -0.15) is 0 Å². The number of benzene rings is 6. The molecule has 0 atom stereocenters. The van der Waals surface area contributed by atoms with E-state index in [1.807, 2.05) is 12.1 Å². The van der Waals surface area contributed by atoms with E-state index >= 15 is 0 Å². The summed E-state index contributed by atoms with van der Waals surface area (Å²) in [4.78, 5) is 0. The average Bonchev–Trinajstić information content (AvgIpc) is 2.83. The quantitative estimate of drug-likeness (QED) is 0.248. The molecule has 6 aromatic carbocycles. The maximum Gasteiger partial charge on any atom is 0.0406 e. The molecule has 0 aliphatic carbocycles. The summed E-state index contributed by atoms with van der Waals surface area (Å²) in [6.07, 6.45) is 0. The van der Waals surface area contributed by atoms with Gasteiger partial charge in [-0.1, -0.05) is 96.5 Å². The molecular formula is C30H19Cl. The van der Waals surface area contributed by atoms with Crippen molar-refractivity contribution >= 4 is 43.9 Å². The van der Waals surface area contributed by atoms with Gasteiger partial charge in [0.2, 0.25) is 0 Å². The third-order valence-corrected chi connectivity index (χ3v) is 6.35. The Morgan fingerprint density at radius 1 is 0.387 bits per heavy atom. The van der Waals surface area contributed by atoms with Gasteiger partial charge < -0.3 is 0 Å². The molecule has 0 fully saturated rings. The average molecular weight is 415 g/mol. The highest BCUT2D eigenvalue weighted by Crippen LogP contribution is 2.37. The summed E-state index contributed by atoms with van der Waals surface area (Å²) < 4.78 is 0. The van der Waals surface area contributed by atoms with Crippen LogP contribution in [0.3, 0.4) is 0 Å². The summed E-state index contributed by atoms with van der Waals surface area (Å²) in [5, 5.41) is 8.37. The van der Waals surface area contributed by atoms with Crippen LogP contribution in [0, 0.1) is 0 Å². The molecule has 0 bridgehead atoms. The summed E-state index contributed by atoms with van der Waals surface area (Å²) in [6, 6.07) is 41.1. The minimum absolute atomic E-state index is 0.759. The SMILES string of the molecule is Clc1ccc(-c2ccc3cc(-c4ccc5ccccc5c4)c4ccccc4c3c2)cc1. The topological polar surface area (TPSA) is 0 Å². The first-order valence-electron chi connectivity index (χ1n) is 10.5. The van der Waals surface area contributed by atoms with Gasteiger partial charge in [0.25, 0.3) is 0 Å². The van der Waals surface area contributed by atoms with E-state index < -0.39 is 0 Å². The van der Waals surface area contributed by atoms with Crippen LogP contribution in [0.15, 0.2) is 115 Å². The zero-order chi connectivity index (χ0) is 20.8. The van der Waals surface area contributed by atoms with Crippen molar-refractivity contribution in [3.05, 3.63) is 120 Å². The summed E-state index contributed by atoms with van der Waals surface area (Å²) in [5.41, 5.74) is 4.90. The highest BCUT2D eigenvalue weighted by molar-refractivity contribution is 6.30. The Balaban J connectivity index is 1.60. The first-order chi connectivity index (χ1) is 15.3. The maximum absolute atomic E-state index is 6.08. The molecule has 0 aliphatic rings. The predicted octanol–water partition coefficient (Wildman–Crippen LogP) is 9.13. The second-order valence-electron chi connectivity index (χ2n) is 7.97. The van der Waals surface area contributed by atoms with E-state index in [0.29, 0.717) is 0 Å². The van der Waals surface area contributed by atoms with Gasteiger partial charge in [-0.05, 0) is 84.9 Å². The van der Waals surface area contributed by atoms with Crippen LogP contribution in [-0.4, -0.2) is 0 Å². The Morgan fingerprint density at radius 3 is 1.87 bits per heavy atom. The van der Waals surface area contributed by atoms with Gasteiger partial charge in [0, 0.05) is 5.02 Å². The molecule has 0 heterocycles. The van der Waals surface area contributed by atoms with Crippen LogP contribution in [0.4, 0.5) is 0 Å². The van der Waals surface area contributed by atoms with Crippen LogP contribution in [0.5, 0.6) is 0 Å². The first-order valence-corrected chi connectivity index (χ1v) is 10.8. The molecule has 0 unspecified atom stereocenters. The zero-order valence-electron chi connectivity index (χ0n) is 16.8. The highest BCUT2D eigenvalue weighted by Gasteiger charge is 2.10. The lowest BCUT2D eigenvalue weighted by Crippen LogP contribution is -1.86. The van der Waals surface area contributed by atoms with Gasteiger partial charge in [0.1, 0.15) is 0 Å². The number of halogens is 1. The largest absolute Gasteiger partial charge is 0.0843 e. The van der Waals surface area contributed by atoms with Gasteiger partial charge in [-0.3, -0.25) is 0 Å². The Morgan fingerprint density at radius 2 is 1.03 bits per heavy atom. The van der Waals surface area contributed by atoms with E-state index in [1.165, 1.54) is 54.6 Å². The molecule has 6 rings (SSSR count). The van der Waals surface area contributed by atoms with Crippen LogP contribution >= 0.6 is 11.6 Å². The summed E-state index contributed by atoms with van der Waals surface area (Å²) in [7, 11) is 0. The van der Waals surface area contributed by atoms with E-state index in [9.17, 15) is 0 Å². The normalized spacial score (nSPS) is 11.4. The zero-order valence-corrected chi connectivity index (χ0v) is 17.6. The number of fused-ring (bicyclic) bond motifs is 4. The molecule has 0 saturated carbocycles. The second-order valence-corrected chi connectivity index (χ2v) is 8.41. The van der Waals surface area contributed by atoms with Crippen molar-refractivity contribution in [2.45, 2.75) is 0 Å². The molecule has 0 amide bonds. The summed E-state index contributed by atoms with van der Waals surface area (Å²) >= 11 is 6.08. The Bertz CT molecular complexity index is 1580. The summed E-state index contributed by atoms with van der Waals surface area (Å²) in [6.45, 7) is 0. The molecule has 0 spiro atoms. The van der Waals surface area contributed by atoms with Gasteiger partial charge in [-0.15, -0.1) is 0 Å². The monoisotopic (exact) mass is 414 g/mol. The lowest BCUT2D eigenvalue weighted by Gasteiger charge is -2.13. The Kier molecular flexibility index (Phi) is 4.26. The van der Waals surface area contributed by atoms with Crippen molar-refractivity contribution in [1.82, 2.24) is 0 Å². The molecule has 0 N–H and O–H groups in total. The molecule has 0 aliphatic heterocycles. The van der Waals surface area contributed by atoms with Crippen molar-refractivity contribution in [2.75, 3.05) is 0 Å². The molecule has 1 heteroatoms. The van der Waals surface area contributed by atoms with Crippen LogP contribution < -0.4 is 0 Å². The standard InChI is InChI=1S/C30H19Cl/c31-26-15-13-21(14-16-26)23-10-12-25-19-30(28-8-4-3-7-27(28)29(25)18-23)24-11-9-20-5-1-2-6-22(20)17-24/h1-19H. The van der Waals surface area contributed by atoms with Crippen molar-refractivity contribution in [3.8, 4) is 22.3 Å². The van der Waals surface area contributed by atoms with E-state index in [2.05, 4.69) is 103 Å². The fourth-order valence-corrected chi connectivity index (χ4v) is 4.65. The predicted molar refractivity (Wildman–Crippen MR) is 135 cm³/mol. The minimum Gasteiger partial charge on any atom is -0.0843 e. The van der Waals surface area contributed by atoms with Crippen LogP contribution in [0.2, 0.25) is 5.02 Å². The second kappa shape index (κ2) is 7.27. The van der Waals surface area contributed by atoms with Crippen molar-refractivity contribution in [3.63, 3.8) is 0 Å². The van der Waals surface area contributed by atoms with Crippen molar-refractivity contribution in [1.29, 1.82) is 0 Å². The van der Waals surface area contributed by atoms with Gasteiger partial charge in [0.15, 0.2) is 0 Å². The molecule has 0 nitrogen and oxygen atoms in total. The summed E-state index contributed by atoms with van der Waals surface area (Å²) in [5.74, 6) is 0. The lowest BCUT2D eigenvalue weighted by molar-refractivity contribution is 1.64. The van der Waals surface area contributed by atoms with E-state index in [-0.39, 0.29) is 0 Å². The molecule has 146 valence electrons. The minimum atomic E-state index is 0.759. The maximum atomic E-state index is 6.08. The van der Waals surface area contributed by atoms with Gasteiger partial charge >= 0.3 is 0 Å². The fraction of sp³-hybridized carbons (Fsp3) is 0. The Labute approximate surface area is 186 Å². The molecular weight excluding hydrogens is 396 g/mol. The van der Waals surface area contributed by atoms with Crippen molar-refractivity contribution in [2.24, 2.45) is 0 Å². The number of hydrogen-bond donors (Lipinski definition) is 0. The fourth-order valence-electron chi connectivity index (χ4n) is 4.52. The van der Waals surface area contributed by atoms with Crippen LogP contribution in [0.25, 0.3) is 54.6 Å². The third kappa shape index (κ3) is 3.17. The van der Waals surface area contributed by atoms with Crippen molar-refractivity contribution < 1.29 is 0 Å². The van der Waals surface area contributed by atoms with Gasteiger partial charge in [-0.25, -0.2) is 0 Å². The van der Waals surface area contributed by atoms with Crippen LogP contribution in [-0.2, 0) is 0 Å². The highest BCUT2D eigenvalue weighted by atomic mass is 35.5. The molecule has 0 saturated heterocycles. The molecule has 31 heavy (non-hydrogen) atoms. The van der Waals surface area contributed by atoms with E-state index in [0.717, 1.165) is 5.02 Å². The smallest absolute Gasteiger partial charge is 0.0406 e. The Hall–Kier alpha value is -3.61. The van der Waals surface area contributed by atoms with E-state index in [4.69, 9.17) is 11.6 Å². The molecule has 0 aromatic heterocycles. The van der Waals surface area contributed by atoms with Gasteiger partial charge in [0.05, 0.1) is 0 Å². The lowest BCUT2D eigenvalue weighted by atomic mass is 9.91. The van der Waals surface area contributed by atoms with E-state index in [1.54, 1.807) is 0 Å². The van der Waals surface area contributed by atoms with Crippen LogP contribution in [0.1, 0.15) is 0 Å². The molecule has 6 aromatic rings.